The van der Waals surface area contributed by atoms with Gasteiger partial charge in [-0.25, -0.2) is 5.01 Å². The van der Waals surface area contributed by atoms with Crippen LogP contribution >= 0.6 is 0 Å². The molecule has 142 valence electrons. The van der Waals surface area contributed by atoms with Gasteiger partial charge in [0.25, 0.3) is 11.8 Å². The summed E-state index contributed by atoms with van der Waals surface area (Å²) in [5, 5.41) is 2.33. The van der Waals surface area contributed by atoms with Gasteiger partial charge in [-0.2, -0.15) is 0 Å². The predicted octanol–water partition coefficient (Wildman–Crippen LogP) is 4.17. The molecule has 0 bridgehead atoms. The zero-order valence-corrected chi connectivity index (χ0v) is 16.5. The SMILES string of the molecule is Cc1c(/C=C2/C(=O)NN(c3ccccc3)C2=O)c2ccccc2n1C(C)(C)C. The van der Waals surface area contributed by atoms with Crippen LogP contribution in [0.3, 0.4) is 0 Å². The van der Waals surface area contributed by atoms with Crippen molar-refractivity contribution in [3.05, 3.63) is 71.4 Å². The number of hydrogen-bond acceptors (Lipinski definition) is 2. The molecule has 0 saturated carbocycles. The molecule has 28 heavy (non-hydrogen) atoms. The summed E-state index contributed by atoms with van der Waals surface area (Å²) >= 11 is 0. The second kappa shape index (κ2) is 6.37. The van der Waals surface area contributed by atoms with Crippen LogP contribution in [0.15, 0.2) is 60.2 Å². The minimum Gasteiger partial charge on any atom is -0.339 e. The van der Waals surface area contributed by atoms with Gasteiger partial charge >= 0.3 is 0 Å². The molecule has 1 saturated heterocycles. The van der Waals surface area contributed by atoms with Crippen molar-refractivity contribution >= 4 is 34.5 Å². The number of aromatic nitrogens is 1. The molecule has 2 amide bonds. The Balaban J connectivity index is 1.86. The van der Waals surface area contributed by atoms with Crippen LogP contribution in [0.5, 0.6) is 0 Å². The number of carbonyl (C=O) groups is 2. The van der Waals surface area contributed by atoms with Crippen LogP contribution in [0.4, 0.5) is 5.69 Å². The van der Waals surface area contributed by atoms with Crippen LogP contribution in [-0.2, 0) is 15.1 Å². The third-order valence-electron chi connectivity index (χ3n) is 5.03. The third-order valence-corrected chi connectivity index (χ3v) is 5.03. The molecule has 1 fully saturated rings. The Labute approximate surface area is 164 Å². The summed E-state index contributed by atoms with van der Waals surface area (Å²) in [6.07, 6.45) is 1.72. The van der Waals surface area contributed by atoms with E-state index in [1.807, 2.05) is 43.3 Å². The first-order valence-corrected chi connectivity index (χ1v) is 9.32. The highest BCUT2D eigenvalue weighted by Gasteiger charge is 2.35. The lowest BCUT2D eigenvalue weighted by Crippen LogP contribution is -2.35. The molecular formula is C23H23N3O2. The minimum absolute atomic E-state index is 0.127. The highest BCUT2D eigenvalue weighted by Crippen LogP contribution is 2.33. The monoisotopic (exact) mass is 373 g/mol. The molecule has 1 aromatic heterocycles. The van der Waals surface area contributed by atoms with Crippen molar-refractivity contribution in [2.24, 2.45) is 0 Å². The number of benzene rings is 2. The van der Waals surface area contributed by atoms with Gasteiger partial charge in [0, 0.05) is 27.7 Å². The van der Waals surface area contributed by atoms with Gasteiger partial charge in [0.05, 0.1) is 5.69 Å². The van der Waals surface area contributed by atoms with Crippen LogP contribution in [0.1, 0.15) is 32.0 Å². The molecule has 0 radical (unpaired) electrons. The highest BCUT2D eigenvalue weighted by atomic mass is 16.2. The largest absolute Gasteiger partial charge is 0.339 e. The molecule has 5 heteroatoms. The van der Waals surface area contributed by atoms with Crippen LogP contribution in [0, 0.1) is 6.92 Å². The standard InChI is InChI=1S/C23H23N3O2/c1-15-18(17-12-8-9-13-20(17)25(15)23(2,3)4)14-19-21(27)24-26(22(19)28)16-10-6-5-7-11-16/h5-14H,1-4H3,(H,24,27)/b19-14-. The third kappa shape index (κ3) is 2.80. The van der Waals surface area contributed by atoms with E-state index in [4.69, 9.17) is 0 Å². The van der Waals surface area contributed by atoms with E-state index in [1.54, 1.807) is 18.2 Å². The normalized spacial score (nSPS) is 16.3. The summed E-state index contributed by atoms with van der Waals surface area (Å²) in [6.45, 7) is 8.47. The zero-order chi connectivity index (χ0) is 20.1. The minimum atomic E-state index is -0.388. The van der Waals surface area contributed by atoms with Gasteiger partial charge in [-0.1, -0.05) is 36.4 Å². The Morgan fingerprint density at radius 1 is 0.929 bits per heavy atom. The number of nitrogens with zero attached hydrogens (tertiary/aromatic N) is 2. The van der Waals surface area contributed by atoms with Crippen molar-refractivity contribution in [3.8, 4) is 0 Å². The number of fused-ring (bicyclic) bond motifs is 1. The first kappa shape index (κ1) is 18.0. The molecule has 0 spiro atoms. The average molecular weight is 373 g/mol. The second-order valence-corrected chi connectivity index (χ2v) is 8.00. The van der Waals surface area contributed by atoms with Crippen LogP contribution in [-0.4, -0.2) is 16.4 Å². The lowest BCUT2D eigenvalue weighted by atomic mass is 10.1. The summed E-state index contributed by atoms with van der Waals surface area (Å²) in [5.41, 5.74) is 6.34. The molecule has 5 nitrogen and oxygen atoms in total. The fraction of sp³-hybridized carbons (Fsp3) is 0.217. The summed E-state index contributed by atoms with van der Waals surface area (Å²) < 4.78 is 2.25. The average Bonchev–Trinajstić information content (AvgIpc) is 3.10. The van der Waals surface area contributed by atoms with Gasteiger partial charge in [-0.15, -0.1) is 0 Å². The maximum Gasteiger partial charge on any atom is 0.282 e. The van der Waals surface area contributed by atoms with Crippen LogP contribution in [0.25, 0.3) is 17.0 Å². The van der Waals surface area contributed by atoms with E-state index in [9.17, 15) is 9.59 Å². The number of hydrogen-bond donors (Lipinski definition) is 1. The van der Waals surface area contributed by atoms with E-state index < -0.39 is 0 Å². The zero-order valence-electron chi connectivity index (χ0n) is 16.5. The fourth-order valence-corrected chi connectivity index (χ4v) is 3.90. The van der Waals surface area contributed by atoms with Gasteiger partial charge in [-0.3, -0.25) is 15.0 Å². The number of para-hydroxylation sites is 2. The Bertz CT molecular complexity index is 1120. The molecule has 0 atom stereocenters. The lowest BCUT2D eigenvalue weighted by molar-refractivity contribution is -0.117. The Morgan fingerprint density at radius 2 is 1.57 bits per heavy atom. The van der Waals surface area contributed by atoms with Gasteiger partial charge in [-0.05, 0) is 52.0 Å². The first-order chi connectivity index (χ1) is 13.3. The van der Waals surface area contributed by atoms with E-state index in [2.05, 4.69) is 36.8 Å². The number of hydrazine groups is 1. The quantitative estimate of drug-likeness (QED) is 0.542. The number of rotatable bonds is 2. The van der Waals surface area contributed by atoms with Crippen molar-refractivity contribution in [3.63, 3.8) is 0 Å². The van der Waals surface area contributed by atoms with E-state index in [0.29, 0.717) is 5.69 Å². The summed E-state index contributed by atoms with van der Waals surface area (Å²) in [6, 6.07) is 17.2. The molecular weight excluding hydrogens is 350 g/mol. The number of amides is 2. The molecule has 2 heterocycles. The summed E-state index contributed by atoms with van der Waals surface area (Å²) in [4.78, 5) is 25.5. The molecule has 1 aliphatic heterocycles. The molecule has 0 unspecified atom stereocenters. The molecule has 1 N–H and O–H groups in total. The van der Waals surface area contributed by atoms with Crippen LogP contribution < -0.4 is 10.4 Å². The molecule has 3 aromatic rings. The summed E-state index contributed by atoms with van der Waals surface area (Å²) in [7, 11) is 0. The maximum absolute atomic E-state index is 12.9. The van der Waals surface area contributed by atoms with Crippen molar-refractivity contribution in [2.75, 3.05) is 5.01 Å². The highest BCUT2D eigenvalue weighted by molar-refractivity contribution is 6.32. The van der Waals surface area contributed by atoms with E-state index in [-0.39, 0.29) is 22.9 Å². The number of carbonyl (C=O) groups excluding carboxylic acids is 2. The van der Waals surface area contributed by atoms with Crippen molar-refractivity contribution < 1.29 is 9.59 Å². The smallest absolute Gasteiger partial charge is 0.282 e. The predicted molar refractivity (Wildman–Crippen MR) is 112 cm³/mol. The van der Waals surface area contributed by atoms with Crippen LogP contribution in [0.2, 0.25) is 0 Å². The maximum atomic E-state index is 12.9. The van der Waals surface area contributed by atoms with E-state index in [0.717, 1.165) is 22.2 Å². The van der Waals surface area contributed by atoms with Gasteiger partial charge < -0.3 is 4.57 Å². The molecule has 0 aliphatic carbocycles. The van der Waals surface area contributed by atoms with Crippen molar-refractivity contribution in [2.45, 2.75) is 33.2 Å². The number of nitrogens with one attached hydrogen (secondary N) is 1. The molecule has 2 aromatic carbocycles. The van der Waals surface area contributed by atoms with Crippen molar-refractivity contribution in [1.82, 2.24) is 9.99 Å². The lowest BCUT2D eigenvalue weighted by Gasteiger charge is -2.25. The Hall–Kier alpha value is -3.34. The Morgan fingerprint density at radius 3 is 2.25 bits per heavy atom. The van der Waals surface area contributed by atoms with Gasteiger partial charge in [0.1, 0.15) is 5.57 Å². The topological polar surface area (TPSA) is 54.3 Å². The second-order valence-electron chi connectivity index (χ2n) is 8.00. The van der Waals surface area contributed by atoms with Gasteiger partial charge in [0.2, 0.25) is 0 Å². The van der Waals surface area contributed by atoms with Gasteiger partial charge in [0.15, 0.2) is 0 Å². The number of anilines is 1. The first-order valence-electron chi connectivity index (χ1n) is 9.32. The van der Waals surface area contributed by atoms with E-state index >= 15 is 0 Å². The Kier molecular flexibility index (Phi) is 4.11. The van der Waals surface area contributed by atoms with Crippen molar-refractivity contribution in [1.29, 1.82) is 0 Å². The molecule has 4 rings (SSSR count). The van der Waals surface area contributed by atoms with E-state index in [1.165, 1.54) is 5.01 Å². The fourth-order valence-electron chi connectivity index (χ4n) is 3.90. The summed E-state index contributed by atoms with van der Waals surface area (Å²) in [5.74, 6) is -0.732. The molecule has 1 aliphatic rings.